The molecular formula is C14H9F2NO4. The Bertz CT molecular complexity index is 711. The lowest BCUT2D eigenvalue weighted by molar-refractivity contribution is -0.385. The number of benzene rings is 2. The summed E-state index contributed by atoms with van der Waals surface area (Å²) in [6.07, 6.45) is 0. The highest BCUT2D eigenvalue weighted by atomic mass is 19.1. The lowest BCUT2D eigenvalue weighted by Crippen LogP contribution is -2.00. The van der Waals surface area contributed by atoms with Crippen LogP contribution < -0.4 is 4.74 Å². The molecule has 0 radical (unpaired) electrons. The Balaban J connectivity index is 2.39. The molecule has 0 amide bonds. The summed E-state index contributed by atoms with van der Waals surface area (Å²) in [7, 11) is 0. The maximum absolute atomic E-state index is 13.0. The third-order valence-electron chi connectivity index (χ3n) is 2.62. The predicted molar refractivity (Wildman–Crippen MR) is 69.5 cm³/mol. The molecule has 0 aromatic heterocycles. The number of nitrogens with zero attached hydrogens (tertiary/aromatic N) is 1. The predicted octanol–water partition coefficient (Wildman–Crippen LogP) is 3.87. The van der Waals surface area contributed by atoms with E-state index in [1.54, 1.807) is 0 Å². The lowest BCUT2D eigenvalue weighted by Gasteiger charge is -2.07. The van der Waals surface area contributed by atoms with Gasteiger partial charge in [0.1, 0.15) is 23.1 Å². The number of Topliss-reactive ketones (excluding diaryl/α,β-unsaturated/α-hetero) is 1. The summed E-state index contributed by atoms with van der Waals surface area (Å²) in [5.74, 6) is -2.21. The molecule has 2 rings (SSSR count). The number of hydrogen-bond donors (Lipinski definition) is 0. The Kier molecular flexibility index (Phi) is 3.93. The maximum atomic E-state index is 13.0. The van der Waals surface area contributed by atoms with E-state index >= 15 is 0 Å². The van der Waals surface area contributed by atoms with E-state index < -0.39 is 22.3 Å². The second kappa shape index (κ2) is 5.66. The van der Waals surface area contributed by atoms with Gasteiger partial charge < -0.3 is 4.74 Å². The number of ketones is 1. The number of carbonyl (C=O) groups is 1. The van der Waals surface area contributed by atoms with Gasteiger partial charge in [0, 0.05) is 24.3 Å². The van der Waals surface area contributed by atoms with Gasteiger partial charge in [0.25, 0.3) is 5.69 Å². The number of halogens is 2. The smallest absolute Gasteiger partial charge is 0.280 e. The lowest BCUT2D eigenvalue weighted by atomic mass is 10.1. The zero-order chi connectivity index (χ0) is 15.6. The van der Waals surface area contributed by atoms with Gasteiger partial charge in [0.05, 0.1) is 10.5 Å². The van der Waals surface area contributed by atoms with E-state index in [-0.39, 0.29) is 22.7 Å². The quantitative estimate of drug-likeness (QED) is 0.487. The van der Waals surface area contributed by atoms with Crippen molar-refractivity contribution in [2.45, 2.75) is 6.92 Å². The first-order chi connectivity index (χ1) is 9.86. The zero-order valence-corrected chi connectivity index (χ0v) is 10.8. The fourth-order valence-electron chi connectivity index (χ4n) is 1.74. The average molecular weight is 293 g/mol. The Morgan fingerprint density at radius 2 is 1.71 bits per heavy atom. The Labute approximate surface area is 117 Å². The van der Waals surface area contributed by atoms with Gasteiger partial charge in [-0.2, -0.15) is 0 Å². The van der Waals surface area contributed by atoms with Crippen molar-refractivity contribution in [2.24, 2.45) is 0 Å². The molecule has 0 aliphatic heterocycles. The topological polar surface area (TPSA) is 69.4 Å². The molecule has 0 aliphatic rings. The van der Waals surface area contributed by atoms with Gasteiger partial charge in [-0.15, -0.1) is 0 Å². The van der Waals surface area contributed by atoms with Crippen LogP contribution in [-0.2, 0) is 0 Å². The number of carbonyl (C=O) groups excluding carboxylic acids is 1. The van der Waals surface area contributed by atoms with Crippen LogP contribution in [0.2, 0.25) is 0 Å². The molecule has 0 saturated heterocycles. The summed E-state index contributed by atoms with van der Waals surface area (Å²) >= 11 is 0. The van der Waals surface area contributed by atoms with Gasteiger partial charge in [0.2, 0.25) is 0 Å². The van der Waals surface area contributed by atoms with Crippen LogP contribution in [0.4, 0.5) is 14.5 Å². The van der Waals surface area contributed by atoms with Crippen LogP contribution in [0.25, 0.3) is 0 Å². The third-order valence-corrected chi connectivity index (χ3v) is 2.62. The SMILES string of the molecule is CC(=O)c1cc(Oc2cc(F)cc(F)c2)ccc1[N+](=O)[O-]. The first-order valence-electron chi connectivity index (χ1n) is 5.80. The summed E-state index contributed by atoms with van der Waals surface area (Å²) in [6, 6.07) is 6.10. The molecule has 5 nitrogen and oxygen atoms in total. The second-order valence-corrected chi connectivity index (χ2v) is 4.20. The number of rotatable bonds is 4. The minimum Gasteiger partial charge on any atom is -0.457 e. The second-order valence-electron chi connectivity index (χ2n) is 4.20. The molecule has 0 saturated carbocycles. The van der Waals surface area contributed by atoms with Gasteiger partial charge in [-0.05, 0) is 19.1 Å². The highest BCUT2D eigenvalue weighted by Crippen LogP contribution is 2.28. The standard InChI is InChI=1S/C14H9F2NO4/c1-8(18)13-7-11(2-3-14(13)17(19)20)21-12-5-9(15)4-10(16)6-12/h2-7H,1H3. The van der Waals surface area contributed by atoms with E-state index in [1.165, 1.54) is 13.0 Å². The molecule has 0 unspecified atom stereocenters. The van der Waals surface area contributed by atoms with E-state index in [2.05, 4.69) is 0 Å². The molecule has 7 heteroatoms. The molecule has 0 N–H and O–H groups in total. The Hall–Kier alpha value is -2.83. The molecule has 0 aliphatic carbocycles. The minimum atomic E-state index is -0.821. The van der Waals surface area contributed by atoms with Crippen molar-refractivity contribution < 1.29 is 23.2 Å². The first kappa shape index (κ1) is 14.6. The van der Waals surface area contributed by atoms with Gasteiger partial charge in [0.15, 0.2) is 5.78 Å². The number of nitro groups is 1. The third kappa shape index (κ3) is 3.38. The van der Waals surface area contributed by atoms with E-state index in [0.717, 1.165) is 24.3 Å². The van der Waals surface area contributed by atoms with Crippen LogP contribution in [0.5, 0.6) is 11.5 Å². The van der Waals surface area contributed by atoms with Crippen molar-refractivity contribution in [3.05, 3.63) is 63.7 Å². The Morgan fingerprint density at radius 3 is 2.24 bits per heavy atom. The summed E-state index contributed by atoms with van der Waals surface area (Å²) < 4.78 is 31.3. The van der Waals surface area contributed by atoms with Gasteiger partial charge >= 0.3 is 0 Å². The fourth-order valence-corrected chi connectivity index (χ4v) is 1.74. The molecule has 108 valence electrons. The molecular weight excluding hydrogens is 284 g/mol. The van der Waals surface area contributed by atoms with Crippen molar-refractivity contribution in [3.63, 3.8) is 0 Å². The summed E-state index contributed by atoms with van der Waals surface area (Å²) in [4.78, 5) is 21.5. The van der Waals surface area contributed by atoms with Gasteiger partial charge in [-0.25, -0.2) is 8.78 Å². The first-order valence-corrected chi connectivity index (χ1v) is 5.80. The molecule has 0 heterocycles. The minimum absolute atomic E-state index is 0.0656. The summed E-state index contributed by atoms with van der Waals surface area (Å²) in [5, 5.41) is 10.8. The van der Waals surface area contributed by atoms with E-state index in [1.807, 2.05) is 0 Å². The molecule has 0 fully saturated rings. The summed E-state index contributed by atoms with van der Waals surface area (Å²) in [5.41, 5.74) is -0.505. The highest BCUT2D eigenvalue weighted by Gasteiger charge is 2.18. The number of hydrogen-bond acceptors (Lipinski definition) is 4. The molecule has 0 spiro atoms. The van der Waals surface area contributed by atoms with E-state index in [0.29, 0.717) is 6.07 Å². The van der Waals surface area contributed by atoms with Crippen LogP contribution in [-0.4, -0.2) is 10.7 Å². The molecule has 0 bridgehead atoms. The normalized spacial score (nSPS) is 10.2. The molecule has 0 atom stereocenters. The fraction of sp³-hybridized carbons (Fsp3) is 0.0714. The van der Waals surface area contributed by atoms with Crippen molar-refractivity contribution in [1.29, 1.82) is 0 Å². The molecule has 2 aromatic carbocycles. The van der Waals surface area contributed by atoms with Crippen LogP contribution >= 0.6 is 0 Å². The van der Waals surface area contributed by atoms with Crippen molar-refractivity contribution in [2.75, 3.05) is 0 Å². The number of ether oxygens (including phenoxy) is 1. The largest absolute Gasteiger partial charge is 0.457 e. The summed E-state index contributed by atoms with van der Waals surface area (Å²) in [6.45, 7) is 1.17. The van der Waals surface area contributed by atoms with Crippen LogP contribution in [0.1, 0.15) is 17.3 Å². The zero-order valence-electron chi connectivity index (χ0n) is 10.8. The van der Waals surface area contributed by atoms with Crippen LogP contribution in [0.3, 0.4) is 0 Å². The van der Waals surface area contributed by atoms with Crippen LogP contribution in [0, 0.1) is 21.7 Å². The molecule has 21 heavy (non-hydrogen) atoms. The van der Waals surface area contributed by atoms with Crippen molar-refractivity contribution in [3.8, 4) is 11.5 Å². The van der Waals surface area contributed by atoms with E-state index in [4.69, 9.17) is 4.74 Å². The molecule has 2 aromatic rings. The monoisotopic (exact) mass is 293 g/mol. The maximum Gasteiger partial charge on any atom is 0.280 e. The van der Waals surface area contributed by atoms with Gasteiger partial charge in [-0.1, -0.05) is 0 Å². The highest BCUT2D eigenvalue weighted by molar-refractivity contribution is 5.98. The average Bonchev–Trinajstić information content (AvgIpc) is 2.36. The van der Waals surface area contributed by atoms with E-state index in [9.17, 15) is 23.7 Å². The Morgan fingerprint density at radius 1 is 1.10 bits per heavy atom. The van der Waals surface area contributed by atoms with Crippen molar-refractivity contribution >= 4 is 11.5 Å². The number of nitro benzene ring substituents is 1. The van der Waals surface area contributed by atoms with Gasteiger partial charge in [-0.3, -0.25) is 14.9 Å². The van der Waals surface area contributed by atoms with Crippen LogP contribution in [0.15, 0.2) is 36.4 Å². The van der Waals surface area contributed by atoms with Crippen molar-refractivity contribution in [1.82, 2.24) is 0 Å².